The third-order valence-electron chi connectivity index (χ3n) is 7.04. The number of aromatic hydroxyl groups is 1. The number of carbonyl (C=O) groups is 3. The van der Waals surface area contributed by atoms with Crippen LogP contribution in [0.3, 0.4) is 0 Å². The summed E-state index contributed by atoms with van der Waals surface area (Å²) in [5.74, 6) is -6.74. The molecular weight excluding hydrogens is 452 g/mol. The zero-order valence-corrected chi connectivity index (χ0v) is 18.9. The van der Waals surface area contributed by atoms with Gasteiger partial charge in [-0.25, -0.2) is 0 Å². The van der Waals surface area contributed by atoms with Gasteiger partial charge in [0.15, 0.2) is 11.4 Å². The number of hydrogen-bond donors (Lipinski definition) is 5. The Morgan fingerprint density at radius 1 is 1.27 bits per heavy atom. The van der Waals surface area contributed by atoms with E-state index in [0.29, 0.717) is 23.6 Å². The Morgan fingerprint density at radius 2 is 1.94 bits per heavy atom. The molecule has 0 aromatic heterocycles. The van der Waals surface area contributed by atoms with E-state index in [-0.39, 0.29) is 29.7 Å². The highest BCUT2D eigenvalue weighted by molar-refractivity contribution is 6.32. The fraction of sp³-hybridized carbons (Fsp3) is 0.435. The second-order valence-electron chi connectivity index (χ2n) is 8.90. The van der Waals surface area contributed by atoms with Crippen molar-refractivity contribution < 1.29 is 34.8 Å². The first kappa shape index (κ1) is 23.3. The molecule has 4 rings (SSSR count). The topological polar surface area (TPSA) is 161 Å². The average Bonchev–Trinajstić information content (AvgIpc) is 2.73. The van der Waals surface area contributed by atoms with Crippen LogP contribution >= 0.6 is 11.6 Å². The van der Waals surface area contributed by atoms with Crippen LogP contribution in [0.1, 0.15) is 30.9 Å². The first-order chi connectivity index (χ1) is 15.5. The van der Waals surface area contributed by atoms with Gasteiger partial charge in [-0.15, -0.1) is 0 Å². The lowest BCUT2D eigenvalue weighted by Gasteiger charge is -2.50. The number of phenols is 1. The Bertz CT molecular complexity index is 1160. The molecule has 3 aliphatic rings. The molecule has 33 heavy (non-hydrogen) atoms. The van der Waals surface area contributed by atoms with E-state index in [2.05, 4.69) is 0 Å². The van der Waals surface area contributed by atoms with Crippen molar-refractivity contribution in [2.75, 3.05) is 13.6 Å². The van der Waals surface area contributed by atoms with E-state index in [1.165, 1.54) is 12.1 Å². The number of fused-ring (bicyclic) bond motifs is 3. The summed E-state index contributed by atoms with van der Waals surface area (Å²) in [6, 6.07) is 1.66. The standard InChI is InChI=1S/C23H25ClN2O7/c1-3-6-26(2)17-11-8-9-7-10-12(24)4-5-13(27)15(10)18(28)14(9)20(30)23(11,33)21(31)16(19(17)29)22(25)32/h4-5,9,11,17,27-28,31,33H,3,6-8H2,1-2H3,(H2,25,32)/t9-,11-,17-,23-/m0/s1. The molecule has 0 spiro atoms. The van der Waals surface area contributed by atoms with Crippen LogP contribution in [-0.4, -0.2) is 68.0 Å². The van der Waals surface area contributed by atoms with Crippen molar-refractivity contribution in [3.63, 3.8) is 0 Å². The summed E-state index contributed by atoms with van der Waals surface area (Å²) in [5, 5.41) is 44.0. The summed E-state index contributed by atoms with van der Waals surface area (Å²) in [6.07, 6.45) is 0.859. The highest BCUT2D eigenvalue weighted by Crippen LogP contribution is 2.53. The molecule has 10 heteroatoms. The highest BCUT2D eigenvalue weighted by Gasteiger charge is 2.64. The van der Waals surface area contributed by atoms with Crippen molar-refractivity contribution in [1.82, 2.24) is 4.90 Å². The molecule has 0 heterocycles. The minimum absolute atomic E-state index is 0.0192. The van der Waals surface area contributed by atoms with Crippen molar-refractivity contribution in [1.29, 1.82) is 0 Å². The molecule has 0 saturated heterocycles. The lowest BCUT2D eigenvalue weighted by Crippen LogP contribution is -2.66. The number of amides is 1. The molecule has 9 nitrogen and oxygen atoms in total. The van der Waals surface area contributed by atoms with Crippen LogP contribution in [0.5, 0.6) is 5.75 Å². The van der Waals surface area contributed by atoms with Crippen LogP contribution in [-0.2, 0) is 20.8 Å². The van der Waals surface area contributed by atoms with E-state index in [0.717, 1.165) is 0 Å². The Hall–Kier alpha value is -2.88. The van der Waals surface area contributed by atoms with Crippen molar-refractivity contribution in [2.24, 2.45) is 17.6 Å². The Balaban J connectivity index is 1.97. The number of rotatable bonds is 4. The SMILES string of the molecule is CCCN(C)[C@@H]1C(=O)C(C(N)=O)=C(O)[C@@]2(O)C(=O)C3=C(O)c4c(O)ccc(Cl)c4C[C@H]3C[C@@H]12. The van der Waals surface area contributed by atoms with E-state index in [9.17, 15) is 34.8 Å². The molecule has 0 bridgehead atoms. The molecule has 1 aromatic rings. The molecule has 1 fully saturated rings. The lowest BCUT2D eigenvalue weighted by atomic mass is 9.57. The summed E-state index contributed by atoms with van der Waals surface area (Å²) >= 11 is 6.29. The van der Waals surface area contributed by atoms with E-state index >= 15 is 0 Å². The molecule has 176 valence electrons. The molecule has 1 saturated carbocycles. The van der Waals surface area contributed by atoms with Gasteiger partial charge in [0.05, 0.1) is 11.6 Å². The Labute approximate surface area is 194 Å². The minimum Gasteiger partial charge on any atom is -0.508 e. The number of nitrogens with two attached hydrogens (primary N) is 1. The maximum absolute atomic E-state index is 13.7. The van der Waals surface area contributed by atoms with E-state index in [4.69, 9.17) is 17.3 Å². The number of nitrogens with zero attached hydrogens (tertiary/aromatic N) is 1. The molecule has 6 N–H and O–H groups in total. The maximum Gasteiger partial charge on any atom is 0.255 e. The van der Waals surface area contributed by atoms with Gasteiger partial charge in [-0.3, -0.25) is 19.3 Å². The van der Waals surface area contributed by atoms with Gasteiger partial charge in [-0.1, -0.05) is 18.5 Å². The first-order valence-corrected chi connectivity index (χ1v) is 11.0. The largest absolute Gasteiger partial charge is 0.508 e. The Kier molecular flexibility index (Phi) is 5.55. The maximum atomic E-state index is 13.7. The van der Waals surface area contributed by atoms with E-state index in [1.807, 2.05) is 6.92 Å². The van der Waals surface area contributed by atoms with Crippen molar-refractivity contribution in [2.45, 2.75) is 37.8 Å². The number of benzene rings is 1. The lowest BCUT2D eigenvalue weighted by molar-refractivity contribution is -0.154. The molecular formula is C23H25ClN2O7. The summed E-state index contributed by atoms with van der Waals surface area (Å²) in [5.41, 5.74) is 2.11. The van der Waals surface area contributed by atoms with Crippen LogP contribution in [0, 0.1) is 11.8 Å². The number of halogens is 1. The number of aliphatic hydroxyl groups excluding tert-OH is 2. The van der Waals surface area contributed by atoms with Crippen LogP contribution < -0.4 is 5.73 Å². The number of ketones is 2. The van der Waals surface area contributed by atoms with E-state index in [1.54, 1.807) is 11.9 Å². The first-order valence-electron chi connectivity index (χ1n) is 10.7. The summed E-state index contributed by atoms with van der Waals surface area (Å²) in [6.45, 7) is 2.31. The summed E-state index contributed by atoms with van der Waals surface area (Å²) in [7, 11) is 1.63. The van der Waals surface area contributed by atoms with Gasteiger partial charge in [0.25, 0.3) is 5.91 Å². The number of Topliss-reactive ketones (excluding diaryl/α,β-unsaturated/α-hetero) is 2. The fourth-order valence-electron chi connectivity index (χ4n) is 5.61. The van der Waals surface area contributed by atoms with Gasteiger partial charge < -0.3 is 26.2 Å². The summed E-state index contributed by atoms with van der Waals surface area (Å²) < 4.78 is 0. The van der Waals surface area contributed by atoms with Crippen molar-refractivity contribution in [3.05, 3.63) is 45.2 Å². The number of aliphatic hydroxyl groups is 3. The second-order valence-corrected chi connectivity index (χ2v) is 9.31. The number of phenolic OH excluding ortho intramolecular Hbond substituents is 1. The third-order valence-corrected chi connectivity index (χ3v) is 7.40. The molecule has 1 aromatic carbocycles. The molecule has 0 radical (unpaired) electrons. The molecule has 0 unspecified atom stereocenters. The van der Waals surface area contributed by atoms with Crippen LogP contribution in [0.15, 0.2) is 29.0 Å². The zero-order chi connectivity index (χ0) is 24.4. The van der Waals surface area contributed by atoms with Gasteiger partial charge in [0.1, 0.15) is 22.8 Å². The molecule has 4 atom stereocenters. The van der Waals surface area contributed by atoms with Crippen molar-refractivity contribution in [3.8, 4) is 5.75 Å². The Morgan fingerprint density at radius 3 is 2.55 bits per heavy atom. The van der Waals surface area contributed by atoms with Crippen LogP contribution in [0.25, 0.3) is 5.76 Å². The smallest absolute Gasteiger partial charge is 0.255 e. The second kappa shape index (κ2) is 7.86. The molecule has 1 amide bonds. The van der Waals surface area contributed by atoms with Crippen LogP contribution in [0.2, 0.25) is 5.02 Å². The number of likely N-dealkylation sites (N-methyl/N-ethyl adjacent to an activating group) is 1. The zero-order valence-electron chi connectivity index (χ0n) is 18.1. The van der Waals surface area contributed by atoms with Gasteiger partial charge >= 0.3 is 0 Å². The van der Waals surface area contributed by atoms with Gasteiger partial charge in [-0.2, -0.15) is 0 Å². The minimum atomic E-state index is -2.64. The predicted molar refractivity (Wildman–Crippen MR) is 118 cm³/mol. The number of carbonyl (C=O) groups excluding carboxylic acids is 3. The predicted octanol–water partition coefficient (Wildman–Crippen LogP) is 1.40. The fourth-order valence-corrected chi connectivity index (χ4v) is 5.85. The van der Waals surface area contributed by atoms with Crippen LogP contribution in [0.4, 0.5) is 0 Å². The summed E-state index contributed by atoms with van der Waals surface area (Å²) in [4.78, 5) is 40.6. The molecule has 3 aliphatic carbocycles. The highest BCUT2D eigenvalue weighted by atomic mass is 35.5. The average molecular weight is 477 g/mol. The van der Waals surface area contributed by atoms with Crippen molar-refractivity contribution >= 4 is 34.8 Å². The number of primary amides is 1. The van der Waals surface area contributed by atoms with Gasteiger partial charge in [0, 0.05) is 16.5 Å². The van der Waals surface area contributed by atoms with E-state index < -0.39 is 58.0 Å². The van der Waals surface area contributed by atoms with Gasteiger partial charge in [-0.05, 0) is 56.5 Å². The monoisotopic (exact) mass is 476 g/mol. The van der Waals surface area contributed by atoms with Gasteiger partial charge in [0.2, 0.25) is 5.78 Å². The normalized spacial score (nSPS) is 29.2. The molecule has 0 aliphatic heterocycles. The quantitative estimate of drug-likeness (QED) is 0.407. The number of hydrogen-bond acceptors (Lipinski definition) is 8. The third kappa shape index (κ3) is 3.10.